The van der Waals surface area contributed by atoms with Gasteiger partial charge in [0, 0.05) is 26.3 Å². The van der Waals surface area contributed by atoms with E-state index in [-0.39, 0.29) is 29.8 Å². The van der Waals surface area contributed by atoms with Crippen LogP contribution in [0.3, 0.4) is 0 Å². The van der Waals surface area contributed by atoms with E-state index < -0.39 is 23.6 Å². The molecular formula is C17H24N2O6. The largest absolute Gasteiger partial charge is 0.503 e. The molecule has 138 valence electrons. The van der Waals surface area contributed by atoms with Crippen molar-refractivity contribution in [1.29, 1.82) is 0 Å². The molecule has 1 rings (SSSR count). The summed E-state index contributed by atoms with van der Waals surface area (Å²) < 4.78 is 10.1. The normalized spacial score (nSPS) is 12.2. The monoisotopic (exact) mass is 352 g/mol. The summed E-state index contributed by atoms with van der Waals surface area (Å²) in [5, 5.41) is 9.73. The van der Waals surface area contributed by atoms with E-state index in [0.717, 1.165) is 0 Å². The Kier molecular flexibility index (Phi) is 6.49. The number of aromatic nitrogens is 1. The van der Waals surface area contributed by atoms with Gasteiger partial charge in [-0.1, -0.05) is 0 Å². The smallest absolute Gasteiger partial charge is 0.309 e. The Morgan fingerprint density at radius 1 is 1.16 bits per heavy atom. The highest BCUT2D eigenvalue weighted by atomic mass is 16.6. The molecule has 1 aromatic heterocycles. The Bertz CT molecular complexity index is 666. The molecule has 1 atom stereocenters. The van der Waals surface area contributed by atoms with Crippen LogP contribution in [0.4, 0.5) is 0 Å². The Morgan fingerprint density at radius 2 is 1.76 bits per heavy atom. The van der Waals surface area contributed by atoms with Crippen molar-refractivity contribution in [3.63, 3.8) is 0 Å². The average Bonchev–Trinajstić information content (AvgIpc) is 2.43. The fourth-order valence-corrected chi connectivity index (χ4v) is 2.27. The standard InChI is InChI=1S/C17H24N2O6/c1-10(20)19(17(4,5)6)9-15(24-11(2)21)13-7-8-14(23)16(18-13)25-12(3)22/h7-8,15,23H,9H2,1-6H3. The van der Waals surface area contributed by atoms with Gasteiger partial charge in [0.25, 0.3) is 5.88 Å². The first-order valence-corrected chi connectivity index (χ1v) is 7.75. The number of hydrogen-bond donors (Lipinski definition) is 1. The summed E-state index contributed by atoms with van der Waals surface area (Å²) in [6, 6.07) is 2.73. The van der Waals surface area contributed by atoms with E-state index in [0.29, 0.717) is 0 Å². The maximum Gasteiger partial charge on any atom is 0.309 e. The van der Waals surface area contributed by atoms with Gasteiger partial charge in [0.1, 0.15) is 0 Å². The van der Waals surface area contributed by atoms with Crippen molar-refractivity contribution in [3.8, 4) is 11.6 Å². The predicted molar refractivity (Wildman–Crippen MR) is 88.9 cm³/mol. The molecule has 0 aromatic carbocycles. The summed E-state index contributed by atoms with van der Waals surface area (Å²) in [4.78, 5) is 40.1. The van der Waals surface area contributed by atoms with Crippen LogP contribution in [-0.2, 0) is 19.1 Å². The van der Waals surface area contributed by atoms with Crippen molar-refractivity contribution in [2.24, 2.45) is 0 Å². The van der Waals surface area contributed by atoms with Crippen LogP contribution in [0.25, 0.3) is 0 Å². The molecule has 0 bridgehead atoms. The number of pyridine rings is 1. The van der Waals surface area contributed by atoms with Gasteiger partial charge in [-0.15, -0.1) is 0 Å². The number of amides is 1. The van der Waals surface area contributed by atoms with Crippen LogP contribution in [-0.4, -0.2) is 44.9 Å². The molecule has 0 radical (unpaired) electrons. The Morgan fingerprint density at radius 3 is 2.20 bits per heavy atom. The number of ether oxygens (including phenoxy) is 2. The molecule has 0 spiro atoms. The first-order chi connectivity index (χ1) is 11.4. The summed E-state index contributed by atoms with van der Waals surface area (Å²) in [5.41, 5.74) is -0.250. The molecule has 8 nitrogen and oxygen atoms in total. The lowest BCUT2D eigenvalue weighted by Gasteiger charge is -2.37. The lowest BCUT2D eigenvalue weighted by atomic mass is 10.0. The third-order valence-corrected chi connectivity index (χ3v) is 3.28. The van der Waals surface area contributed by atoms with Gasteiger partial charge >= 0.3 is 11.9 Å². The van der Waals surface area contributed by atoms with Gasteiger partial charge < -0.3 is 19.5 Å². The average molecular weight is 352 g/mol. The van der Waals surface area contributed by atoms with Crippen LogP contribution in [0.5, 0.6) is 11.6 Å². The van der Waals surface area contributed by atoms with E-state index in [2.05, 4.69) is 4.98 Å². The van der Waals surface area contributed by atoms with Crippen molar-refractivity contribution in [3.05, 3.63) is 17.8 Å². The molecule has 0 saturated carbocycles. The second-order valence-corrected chi connectivity index (χ2v) is 6.55. The molecule has 1 aromatic rings. The van der Waals surface area contributed by atoms with Crippen molar-refractivity contribution in [1.82, 2.24) is 9.88 Å². The van der Waals surface area contributed by atoms with Crippen molar-refractivity contribution in [2.75, 3.05) is 6.54 Å². The van der Waals surface area contributed by atoms with Gasteiger partial charge in [0.2, 0.25) is 5.91 Å². The lowest BCUT2D eigenvalue weighted by molar-refractivity contribution is -0.152. The SMILES string of the molecule is CC(=O)Oc1nc(C(CN(C(C)=O)C(C)(C)C)OC(C)=O)ccc1O. The number of rotatable bonds is 5. The molecule has 1 unspecified atom stereocenters. The highest BCUT2D eigenvalue weighted by Gasteiger charge is 2.30. The van der Waals surface area contributed by atoms with Crippen molar-refractivity contribution < 1.29 is 29.0 Å². The lowest BCUT2D eigenvalue weighted by Crippen LogP contribution is -2.47. The van der Waals surface area contributed by atoms with Crippen molar-refractivity contribution >= 4 is 17.8 Å². The molecule has 1 N–H and O–H groups in total. The molecule has 25 heavy (non-hydrogen) atoms. The minimum Gasteiger partial charge on any atom is -0.503 e. The summed E-state index contributed by atoms with van der Waals surface area (Å²) in [6.45, 7) is 9.47. The Balaban J connectivity index is 3.24. The molecule has 1 heterocycles. The van der Waals surface area contributed by atoms with Gasteiger partial charge in [0.15, 0.2) is 11.9 Å². The van der Waals surface area contributed by atoms with E-state index in [9.17, 15) is 19.5 Å². The van der Waals surface area contributed by atoms with Gasteiger partial charge in [-0.3, -0.25) is 14.4 Å². The van der Waals surface area contributed by atoms with Crippen LogP contribution in [0.15, 0.2) is 12.1 Å². The molecule has 0 aliphatic heterocycles. The number of carbonyl (C=O) groups is 3. The topological polar surface area (TPSA) is 106 Å². The van der Waals surface area contributed by atoms with Gasteiger partial charge in [-0.2, -0.15) is 0 Å². The second kappa shape index (κ2) is 7.96. The highest BCUT2D eigenvalue weighted by molar-refractivity contribution is 5.74. The third kappa shape index (κ3) is 6.06. The van der Waals surface area contributed by atoms with E-state index >= 15 is 0 Å². The first kappa shape index (κ1) is 20.4. The Labute approximate surface area is 146 Å². The molecular weight excluding hydrogens is 328 g/mol. The maximum absolute atomic E-state index is 12.0. The van der Waals surface area contributed by atoms with Crippen LogP contribution >= 0.6 is 0 Å². The minimum atomic E-state index is -0.879. The van der Waals surface area contributed by atoms with E-state index in [1.54, 1.807) is 4.90 Å². The predicted octanol–water partition coefficient (Wildman–Crippen LogP) is 1.96. The maximum atomic E-state index is 12.0. The van der Waals surface area contributed by atoms with Crippen molar-refractivity contribution in [2.45, 2.75) is 53.2 Å². The fraction of sp³-hybridized carbons (Fsp3) is 0.529. The molecule has 0 aliphatic carbocycles. The molecule has 0 fully saturated rings. The van der Waals surface area contributed by atoms with Gasteiger partial charge in [0.05, 0.1) is 12.2 Å². The Hall–Kier alpha value is -2.64. The number of carbonyl (C=O) groups excluding carboxylic acids is 3. The summed E-state index contributed by atoms with van der Waals surface area (Å²) >= 11 is 0. The summed E-state index contributed by atoms with van der Waals surface area (Å²) in [5.74, 6) is -1.99. The third-order valence-electron chi connectivity index (χ3n) is 3.28. The molecule has 1 amide bonds. The zero-order valence-corrected chi connectivity index (χ0v) is 15.3. The fourth-order valence-electron chi connectivity index (χ4n) is 2.27. The van der Waals surface area contributed by atoms with E-state index in [4.69, 9.17) is 9.47 Å². The zero-order valence-electron chi connectivity index (χ0n) is 15.3. The van der Waals surface area contributed by atoms with Crippen LogP contribution in [0, 0.1) is 0 Å². The zero-order chi connectivity index (χ0) is 19.4. The second-order valence-electron chi connectivity index (χ2n) is 6.55. The number of esters is 2. The van der Waals surface area contributed by atoms with E-state index in [1.165, 1.54) is 32.9 Å². The molecule has 0 saturated heterocycles. The first-order valence-electron chi connectivity index (χ1n) is 7.75. The van der Waals surface area contributed by atoms with Crippen LogP contribution < -0.4 is 4.74 Å². The van der Waals surface area contributed by atoms with Crippen LogP contribution in [0.1, 0.15) is 53.3 Å². The number of aromatic hydroxyl groups is 1. The number of nitrogens with zero attached hydrogens (tertiary/aromatic N) is 2. The van der Waals surface area contributed by atoms with E-state index in [1.807, 2.05) is 20.8 Å². The molecule has 0 aliphatic rings. The summed E-state index contributed by atoms with van der Waals surface area (Å²) in [7, 11) is 0. The van der Waals surface area contributed by atoms with Gasteiger partial charge in [-0.25, -0.2) is 4.98 Å². The molecule has 8 heteroatoms. The highest BCUT2D eigenvalue weighted by Crippen LogP contribution is 2.29. The summed E-state index contributed by atoms with van der Waals surface area (Å²) in [6.07, 6.45) is -0.879. The number of hydrogen-bond acceptors (Lipinski definition) is 7. The van der Waals surface area contributed by atoms with Crippen LogP contribution in [0.2, 0.25) is 0 Å². The van der Waals surface area contributed by atoms with Gasteiger partial charge in [-0.05, 0) is 32.9 Å². The minimum absolute atomic E-state index is 0.0652. The quantitative estimate of drug-likeness (QED) is 0.807.